The van der Waals surface area contributed by atoms with E-state index in [2.05, 4.69) is 45.4 Å². The minimum absolute atomic E-state index is 0. The largest absolute Gasteiger partial charge is 0.325 e. The molecule has 3 fully saturated rings. The molecule has 2 unspecified atom stereocenters. The molecule has 3 aliphatic heterocycles. The second kappa shape index (κ2) is 31.9. The summed E-state index contributed by atoms with van der Waals surface area (Å²) in [6.07, 6.45) is 5.98. The number of amides is 3. The second-order valence-electron chi connectivity index (χ2n) is 22.7. The summed E-state index contributed by atoms with van der Waals surface area (Å²) < 4.78 is 133. The Bertz CT molecular complexity index is 4340. The summed E-state index contributed by atoms with van der Waals surface area (Å²) in [6.45, 7) is 5.88. The van der Waals surface area contributed by atoms with Gasteiger partial charge in [-0.15, -0.1) is 34.0 Å². The first-order valence-corrected chi connectivity index (χ1v) is 37.0. The van der Waals surface area contributed by atoms with Crippen molar-refractivity contribution >= 4 is 134 Å². The van der Waals surface area contributed by atoms with Gasteiger partial charge in [0.05, 0.1) is 51.8 Å². The molecule has 9 aromatic rings. The quantitative estimate of drug-likeness (QED) is 0.0666. The van der Waals surface area contributed by atoms with Gasteiger partial charge in [-0.3, -0.25) is 28.4 Å². The molecule has 99 heavy (non-hydrogen) atoms. The Balaban J connectivity index is 0.000000206. The van der Waals surface area contributed by atoms with Crippen molar-refractivity contribution in [1.29, 1.82) is 0 Å². The van der Waals surface area contributed by atoms with Crippen LogP contribution in [0.3, 0.4) is 0 Å². The monoisotopic (exact) mass is 1540 g/mol. The van der Waals surface area contributed by atoms with Crippen LogP contribution in [0.5, 0.6) is 0 Å². The highest BCUT2D eigenvalue weighted by molar-refractivity contribution is 7.87. The highest BCUT2D eigenvalue weighted by Crippen LogP contribution is 2.40. The zero-order valence-electron chi connectivity index (χ0n) is 52.4. The van der Waals surface area contributed by atoms with E-state index < -0.39 is 102 Å². The molecule has 3 aliphatic rings. The molecule has 6 aromatic heterocycles. The van der Waals surface area contributed by atoms with E-state index in [1.807, 2.05) is 76.3 Å². The number of hydrogen-bond acceptors (Lipinski definition) is 15. The average Bonchev–Trinajstić information content (AvgIpc) is 1.77. The number of nitrogens with one attached hydrogen (secondary N) is 6. The summed E-state index contributed by atoms with van der Waals surface area (Å²) in [5.41, 5.74) is 9.56. The fourth-order valence-electron chi connectivity index (χ4n) is 10.7. The average molecular weight is 1540 g/mol. The van der Waals surface area contributed by atoms with Crippen LogP contribution in [0, 0.1) is 38.2 Å². The number of aryl methyl sites for hydroxylation is 3. The topological polar surface area (TPSA) is 289 Å². The normalized spacial score (nSPS) is 20.3. The Labute approximate surface area is 601 Å². The SMILES string of the molecule is C.C.C.Cc1c(-c2csc(C3CC(C(=O)Nc4ccc(F)c(Cl)c4)N(C)S(=O)(=O)N3)c2)cnn1C.Cc1c(-c2csc([C@@H]3C[C@H](C(=O)Nc4ccc(F)c(Cl)c4)N(C)S(=O)(=O)N3)c2)cnn1C.Cc1c(-c2csc([C@H]3C[C@@H](C(=O)Nc4ccc(F)c(Cl)c4)N(C)S(=O)(=O)N3)c2)cnn1C. The Hall–Kier alpha value is -6.93. The number of hydrogen-bond donors (Lipinski definition) is 6. The minimum Gasteiger partial charge on any atom is -0.325 e. The predicted molar refractivity (Wildman–Crippen MR) is 387 cm³/mol. The molecular weight excluding hydrogens is 1470 g/mol. The predicted octanol–water partition coefficient (Wildman–Crippen LogP) is 12.3. The fourth-order valence-corrected chi connectivity index (χ4v) is 18.1. The molecule has 534 valence electrons. The van der Waals surface area contributed by atoms with E-state index in [9.17, 15) is 52.8 Å². The molecule has 3 aromatic carbocycles. The first-order valence-electron chi connectivity index (χ1n) is 29.0. The molecule has 9 heterocycles. The minimum atomic E-state index is -3.89. The van der Waals surface area contributed by atoms with E-state index in [4.69, 9.17) is 34.8 Å². The molecule has 0 spiro atoms. The van der Waals surface area contributed by atoms with Gasteiger partial charge in [-0.25, -0.2) is 13.2 Å². The van der Waals surface area contributed by atoms with Crippen LogP contribution in [0.15, 0.2) is 108 Å². The zero-order valence-corrected chi connectivity index (χ0v) is 59.6. The van der Waals surface area contributed by atoms with Crippen LogP contribution >= 0.6 is 68.8 Å². The van der Waals surface area contributed by atoms with Crippen molar-refractivity contribution in [2.24, 2.45) is 21.1 Å². The van der Waals surface area contributed by atoms with Crippen molar-refractivity contribution in [2.75, 3.05) is 37.1 Å². The fraction of sp³-hybridized carbons (Fsp3) is 0.333. The van der Waals surface area contributed by atoms with E-state index >= 15 is 0 Å². The van der Waals surface area contributed by atoms with Gasteiger partial charge >= 0.3 is 0 Å². The van der Waals surface area contributed by atoms with Crippen molar-refractivity contribution in [3.63, 3.8) is 0 Å². The van der Waals surface area contributed by atoms with Crippen molar-refractivity contribution in [2.45, 2.75) is 98.6 Å². The van der Waals surface area contributed by atoms with Crippen LogP contribution in [0.25, 0.3) is 33.4 Å². The molecule has 12 rings (SSSR count). The second-order valence-corrected chi connectivity index (χ2v) is 32.0. The van der Waals surface area contributed by atoms with Crippen LogP contribution in [0.1, 0.15) is 91.4 Å². The lowest BCUT2D eigenvalue weighted by molar-refractivity contribution is -0.120. The summed E-state index contributed by atoms with van der Waals surface area (Å²) in [7, 11) is -2.07. The van der Waals surface area contributed by atoms with Crippen LogP contribution in [-0.4, -0.2) is 125 Å². The third kappa shape index (κ3) is 17.5. The molecular formula is C63H75Cl3F3N15O9S6. The standard InChI is InChI=1S/3C20H21ClFN5O3S2.3CH4/c3*1-11-14(9-23-26(11)2)12-6-19(31-10-12)17-8-18(27(3)32(29,30)25-17)20(28)24-13-4-5-16(22)15(21)7-13;;;/h3*4-7,9-10,17-18,25H,8H2,1-3H3,(H,24,28);3*1H4/t2*17-,18+;;;;/m10..../s1. The number of nitrogens with zero attached hydrogens (tertiary/aromatic N) is 9. The van der Waals surface area contributed by atoms with Gasteiger partial charge in [0.1, 0.15) is 35.6 Å². The van der Waals surface area contributed by atoms with Crippen LogP contribution in [0.4, 0.5) is 30.2 Å². The van der Waals surface area contributed by atoms with Gasteiger partial charge in [-0.1, -0.05) is 57.1 Å². The number of halogens is 6. The third-order valence-corrected chi connectivity index (χ3v) is 25.5. The molecule has 3 amide bonds. The van der Waals surface area contributed by atoms with E-state index in [-0.39, 0.29) is 73.7 Å². The number of rotatable bonds is 12. The number of anilines is 3. The van der Waals surface area contributed by atoms with Crippen molar-refractivity contribution in [1.82, 2.24) is 56.4 Å². The number of likely N-dealkylation sites (N-methyl/N-ethyl adjacent to an activating group) is 3. The summed E-state index contributed by atoms with van der Waals surface area (Å²) in [4.78, 5) is 41.2. The maximum Gasteiger partial charge on any atom is 0.280 e. The van der Waals surface area contributed by atoms with Gasteiger partial charge < -0.3 is 16.0 Å². The Morgan fingerprint density at radius 3 is 0.899 bits per heavy atom. The third-order valence-electron chi connectivity index (χ3n) is 16.7. The molecule has 36 heteroatoms. The van der Waals surface area contributed by atoms with Gasteiger partial charge in [-0.2, -0.15) is 67.6 Å². The number of benzene rings is 3. The number of thiophene rings is 3. The Kier molecular flexibility index (Phi) is 25.6. The molecule has 0 radical (unpaired) electrons. The summed E-state index contributed by atoms with van der Waals surface area (Å²) in [5.74, 6) is -3.39. The van der Waals surface area contributed by atoms with Gasteiger partial charge in [0.25, 0.3) is 30.6 Å². The number of carbonyl (C=O) groups is 3. The molecule has 0 bridgehead atoms. The highest BCUT2D eigenvalue weighted by atomic mass is 35.5. The van der Waals surface area contributed by atoms with Gasteiger partial charge in [0, 0.05) is 108 Å². The maximum atomic E-state index is 13.4. The van der Waals surface area contributed by atoms with Gasteiger partial charge in [0.2, 0.25) is 17.7 Å². The van der Waals surface area contributed by atoms with Crippen LogP contribution in [0.2, 0.25) is 15.1 Å². The Morgan fingerprint density at radius 1 is 0.444 bits per heavy atom. The molecule has 0 aliphatic carbocycles. The molecule has 24 nitrogen and oxygen atoms in total. The summed E-state index contributed by atoms with van der Waals surface area (Å²) in [5, 5.41) is 26.1. The smallest absolute Gasteiger partial charge is 0.280 e. The van der Waals surface area contributed by atoms with Crippen molar-refractivity contribution < 1.29 is 52.8 Å². The summed E-state index contributed by atoms with van der Waals surface area (Å²) in [6, 6.07) is 12.5. The first kappa shape index (κ1) is 79.4. The summed E-state index contributed by atoms with van der Waals surface area (Å²) >= 11 is 21.6. The number of carbonyl (C=O) groups excluding carboxylic acids is 3. The van der Waals surface area contributed by atoms with Crippen molar-refractivity contribution in [3.05, 3.63) is 172 Å². The molecule has 0 saturated carbocycles. The van der Waals surface area contributed by atoms with Gasteiger partial charge in [-0.05, 0) is 146 Å². The maximum absolute atomic E-state index is 13.4. The molecule has 3 saturated heterocycles. The lowest BCUT2D eigenvalue weighted by atomic mass is 10.0. The Morgan fingerprint density at radius 2 is 0.687 bits per heavy atom. The first-order chi connectivity index (χ1) is 45.2. The van der Waals surface area contributed by atoms with Gasteiger partial charge in [0.15, 0.2) is 0 Å². The van der Waals surface area contributed by atoms with Crippen molar-refractivity contribution in [3.8, 4) is 33.4 Å². The van der Waals surface area contributed by atoms with E-state index in [1.165, 1.54) is 91.6 Å². The van der Waals surface area contributed by atoms with Crippen LogP contribution < -0.4 is 30.1 Å². The lowest BCUT2D eigenvalue weighted by Gasteiger charge is -2.35. The van der Waals surface area contributed by atoms with Crippen LogP contribution in [-0.2, 0) is 66.2 Å². The van der Waals surface area contributed by atoms with E-state index in [1.54, 1.807) is 32.6 Å². The number of aromatic nitrogens is 6. The highest BCUT2D eigenvalue weighted by Gasteiger charge is 2.44. The zero-order chi connectivity index (χ0) is 69.6. The molecule has 6 atom stereocenters. The lowest BCUT2D eigenvalue weighted by Crippen LogP contribution is -2.55. The molecule has 6 N–H and O–H groups in total. The van der Waals surface area contributed by atoms with E-state index in [0.29, 0.717) is 0 Å². The van der Waals surface area contributed by atoms with E-state index in [0.717, 1.165) is 96.2 Å².